The number of phenols is 3. The summed E-state index contributed by atoms with van der Waals surface area (Å²) in [4.78, 5) is 52.4. The van der Waals surface area contributed by atoms with E-state index in [2.05, 4.69) is 28.3 Å². The number of ether oxygens (including phenoxy) is 2. The molecule has 7 atom stereocenters. The van der Waals surface area contributed by atoms with Crippen LogP contribution >= 0.6 is 12.6 Å². The molecule has 1 saturated heterocycles. The monoisotopic (exact) mass is 725 g/mol. The number of carboxylic acids is 2. The van der Waals surface area contributed by atoms with Crippen molar-refractivity contribution < 1.29 is 74.6 Å². The van der Waals surface area contributed by atoms with Crippen molar-refractivity contribution in [1.82, 2.24) is 10.6 Å². The number of aliphatic carboxylic acids is 2. The third-order valence-electron chi connectivity index (χ3n) is 7.52. The Hall–Kier alpha value is -4.66. The van der Waals surface area contributed by atoms with Gasteiger partial charge >= 0.3 is 11.9 Å². The Labute approximate surface area is 290 Å². The van der Waals surface area contributed by atoms with E-state index in [4.69, 9.17) is 14.6 Å². The van der Waals surface area contributed by atoms with Gasteiger partial charge in [-0.25, -0.2) is 4.79 Å². The quantitative estimate of drug-likeness (QED) is 0.0636. The molecule has 0 aromatic heterocycles. The van der Waals surface area contributed by atoms with Crippen molar-refractivity contribution in [2.45, 2.75) is 68.5 Å². The Kier molecular flexibility index (Phi) is 14.6. The van der Waals surface area contributed by atoms with Crippen molar-refractivity contribution in [1.29, 1.82) is 0 Å². The largest absolute Gasteiger partial charge is 0.508 e. The van der Waals surface area contributed by atoms with Crippen LogP contribution in [0.25, 0.3) is 0 Å². The number of aromatic hydroxyl groups is 3. The first-order chi connectivity index (χ1) is 23.6. The molecular weight excluding hydrogens is 686 g/mol. The van der Waals surface area contributed by atoms with Crippen LogP contribution in [0.4, 0.5) is 0 Å². The van der Waals surface area contributed by atoms with Crippen LogP contribution in [-0.2, 0) is 30.3 Å². The van der Waals surface area contributed by atoms with Gasteiger partial charge in [-0.15, -0.1) is 0 Å². The minimum atomic E-state index is -1.89. The van der Waals surface area contributed by atoms with Gasteiger partial charge in [0, 0.05) is 24.3 Å². The van der Waals surface area contributed by atoms with Crippen LogP contribution in [0.5, 0.6) is 23.0 Å². The maximum absolute atomic E-state index is 12.7. The molecule has 0 unspecified atom stereocenters. The van der Waals surface area contributed by atoms with Gasteiger partial charge < -0.3 is 66.1 Å². The van der Waals surface area contributed by atoms with Crippen LogP contribution in [0.2, 0.25) is 0 Å². The molecule has 1 aliphatic heterocycles. The summed E-state index contributed by atoms with van der Waals surface area (Å²) < 4.78 is 11.1. The van der Waals surface area contributed by atoms with Gasteiger partial charge in [-0.1, -0.05) is 12.1 Å². The number of nitrogens with one attached hydrogen (secondary N) is 2. The number of thiol groups is 1. The summed E-state index contributed by atoms with van der Waals surface area (Å²) in [5.41, 5.74) is 0.263. The summed E-state index contributed by atoms with van der Waals surface area (Å²) in [6.45, 7) is -1.48. The van der Waals surface area contributed by atoms with E-state index in [1.165, 1.54) is 12.1 Å². The third kappa shape index (κ3) is 10.9. The van der Waals surface area contributed by atoms with Gasteiger partial charge in [0.25, 0.3) is 0 Å². The Morgan fingerprint density at radius 1 is 0.940 bits per heavy atom. The molecule has 2 amide bonds. The van der Waals surface area contributed by atoms with Crippen molar-refractivity contribution in [3.05, 3.63) is 47.5 Å². The van der Waals surface area contributed by atoms with E-state index >= 15 is 0 Å². The molecule has 2 aromatic carbocycles. The highest BCUT2D eigenvalue weighted by molar-refractivity contribution is 7.80. The number of benzene rings is 2. The maximum atomic E-state index is 12.7. The fraction of sp³-hybridized carbons (Fsp3) is 0.452. The summed E-state index contributed by atoms with van der Waals surface area (Å²) in [6, 6.07) is 5.02. The van der Waals surface area contributed by atoms with Gasteiger partial charge in [-0.05, 0) is 37.0 Å². The smallest absolute Gasteiger partial charge is 0.328 e. The van der Waals surface area contributed by atoms with Crippen LogP contribution < -0.4 is 15.4 Å². The SMILES string of the molecule is O=C(O)CNC(=O)[C@H](CS)NC(=O)CC[C@@H](N=C(CCc1ccc(O)cc1)c1c(O)cc(O)cc1O[C@H]1O[C@@H](CO)[C@H](O)[C@@H](O)[C@@H]1O)C(=O)O. The maximum Gasteiger partial charge on any atom is 0.328 e. The summed E-state index contributed by atoms with van der Waals surface area (Å²) in [5.74, 6) is -6.21. The van der Waals surface area contributed by atoms with Gasteiger partial charge in [0.1, 0.15) is 66.0 Å². The molecule has 0 spiro atoms. The number of aliphatic imine (C=N–C) groups is 1. The van der Waals surface area contributed by atoms with Crippen molar-refractivity contribution in [3.8, 4) is 23.0 Å². The lowest BCUT2D eigenvalue weighted by Crippen LogP contribution is -2.60. The fourth-order valence-corrected chi connectivity index (χ4v) is 5.14. The molecule has 0 aliphatic carbocycles. The molecule has 1 fully saturated rings. The molecule has 2 aromatic rings. The van der Waals surface area contributed by atoms with Crippen LogP contribution in [0.1, 0.15) is 30.4 Å². The summed E-state index contributed by atoms with van der Waals surface area (Å²) in [6.07, 6.45) is -9.43. The first-order valence-corrected chi connectivity index (χ1v) is 15.8. The van der Waals surface area contributed by atoms with E-state index in [0.29, 0.717) is 5.56 Å². The normalized spacial score (nSPS) is 21.9. The second kappa shape index (κ2) is 18.4. The van der Waals surface area contributed by atoms with E-state index in [-0.39, 0.29) is 35.6 Å². The minimum Gasteiger partial charge on any atom is -0.508 e. The van der Waals surface area contributed by atoms with E-state index < -0.39 is 110 Å². The topological polar surface area (TPSA) is 305 Å². The highest BCUT2D eigenvalue weighted by atomic mass is 32.1. The Morgan fingerprint density at radius 2 is 1.62 bits per heavy atom. The number of aliphatic hydroxyl groups excluding tert-OH is 4. The van der Waals surface area contributed by atoms with Gasteiger partial charge in [0.05, 0.1) is 17.9 Å². The van der Waals surface area contributed by atoms with Crippen molar-refractivity contribution in [3.63, 3.8) is 0 Å². The van der Waals surface area contributed by atoms with Gasteiger partial charge in [-0.2, -0.15) is 12.6 Å². The predicted octanol–water partition coefficient (Wildman–Crippen LogP) is -1.75. The van der Waals surface area contributed by atoms with Gasteiger partial charge in [0.2, 0.25) is 18.1 Å². The standard InChI is InChI=1S/C31H39N3O15S/c35-12-22-26(42)27(43)28(44)31(49-22)48-21-10-16(37)9-20(38)25(21)17(6-3-14-1-4-15(36)5-2-14)33-18(30(46)47)7-8-23(39)34-19(13-50)29(45)32-11-24(40)41/h1-2,4-5,9-10,18-19,22,26-28,31,35-38,42-44,50H,3,6-8,11-13H2,(H,32,45)(H,34,39)(H,40,41)(H,46,47)/t18-,19+,22+,26+,27-,28+,31+/m1/s1. The molecule has 0 saturated carbocycles. The first kappa shape index (κ1) is 39.8. The summed E-state index contributed by atoms with van der Waals surface area (Å²) in [7, 11) is 0. The number of hydrogen-bond donors (Lipinski definition) is 12. The van der Waals surface area contributed by atoms with Gasteiger partial charge in [0.15, 0.2) is 0 Å². The zero-order chi connectivity index (χ0) is 37.1. The van der Waals surface area contributed by atoms with Crippen molar-refractivity contribution in [2.24, 2.45) is 4.99 Å². The number of carboxylic acid groups (broad SMARTS) is 2. The first-order valence-electron chi connectivity index (χ1n) is 15.2. The zero-order valence-electron chi connectivity index (χ0n) is 26.3. The molecule has 0 radical (unpaired) electrons. The molecule has 18 nitrogen and oxygen atoms in total. The van der Waals surface area contributed by atoms with E-state index in [9.17, 15) is 60.0 Å². The van der Waals surface area contributed by atoms with Crippen molar-refractivity contribution in [2.75, 3.05) is 18.9 Å². The average Bonchev–Trinajstić information content (AvgIpc) is 3.06. The molecule has 50 heavy (non-hydrogen) atoms. The molecule has 11 N–H and O–H groups in total. The number of nitrogens with zero attached hydrogens (tertiary/aromatic N) is 1. The number of carbonyl (C=O) groups excluding carboxylic acids is 2. The lowest BCUT2D eigenvalue weighted by atomic mass is 9.98. The van der Waals surface area contributed by atoms with Crippen molar-refractivity contribution >= 4 is 42.1 Å². The predicted molar refractivity (Wildman–Crippen MR) is 174 cm³/mol. The molecule has 1 heterocycles. The molecule has 274 valence electrons. The summed E-state index contributed by atoms with van der Waals surface area (Å²) >= 11 is 3.99. The average molecular weight is 726 g/mol. The number of rotatable bonds is 17. The van der Waals surface area contributed by atoms with Crippen LogP contribution in [-0.4, -0.2) is 137 Å². The Bertz CT molecular complexity index is 1540. The number of phenolic OH excluding ortho intramolecular Hbond substituents is 3. The Morgan fingerprint density at radius 3 is 2.22 bits per heavy atom. The lowest BCUT2D eigenvalue weighted by Gasteiger charge is -2.39. The highest BCUT2D eigenvalue weighted by Crippen LogP contribution is 2.37. The fourth-order valence-electron chi connectivity index (χ4n) is 4.88. The van der Waals surface area contributed by atoms with Gasteiger partial charge in [-0.3, -0.25) is 19.4 Å². The molecule has 3 rings (SSSR count). The number of amides is 2. The lowest BCUT2D eigenvalue weighted by molar-refractivity contribution is -0.277. The number of aryl methyl sites for hydroxylation is 1. The van der Waals surface area contributed by atoms with Crippen LogP contribution in [0.3, 0.4) is 0 Å². The molecular formula is C31H39N3O15S. The van der Waals surface area contributed by atoms with E-state index in [1.54, 1.807) is 12.1 Å². The molecule has 19 heteroatoms. The second-order valence-electron chi connectivity index (χ2n) is 11.2. The number of hydrogen-bond acceptors (Lipinski definition) is 15. The van der Waals surface area contributed by atoms with E-state index in [0.717, 1.165) is 12.1 Å². The molecule has 0 bridgehead atoms. The molecule has 1 aliphatic rings. The second-order valence-corrected chi connectivity index (χ2v) is 11.6. The summed E-state index contributed by atoms with van der Waals surface area (Å²) in [5, 5.41) is 94.8. The van der Waals surface area contributed by atoms with Crippen LogP contribution in [0.15, 0.2) is 41.4 Å². The zero-order valence-corrected chi connectivity index (χ0v) is 27.2. The third-order valence-corrected chi connectivity index (χ3v) is 7.89. The minimum absolute atomic E-state index is 0.0159. The van der Waals surface area contributed by atoms with E-state index in [1.807, 2.05) is 0 Å². The highest BCUT2D eigenvalue weighted by Gasteiger charge is 2.45. The Balaban J connectivity index is 1.97. The number of carbonyl (C=O) groups is 4. The van der Waals surface area contributed by atoms with Crippen LogP contribution in [0, 0.1) is 0 Å². The number of aliphatic hydroxyl groups is 4.